The van der Waals surface area contributed by atoms with Gasteiger partial charge in [-0.15, -0.1) is 0 Å². The maximum Gasteiger partial charge on any atom is 0.154 e. The van der Waals surface area contributed by atoms with Crippen LogP contribution in [-0.2, 0) is 0 Å². The van der Waals surface area contributed by atoms with Crippen LogP contribution in [0.15, 0.2) is 28.9 Å². The largest absolute Gasteiger partial charge is 0.463 e. The molecular weight excluding hydrogens is 157 g/mol. The summed E-state index contributed by atoms with van der Waals surface area (Å²) in [4.78, 5) is 0. The summed E-state index contributed by atoms with van der Waals surface area (Å²) in [6.07, 6.45) is 1.37. The Hall–Kier alpha value is -1.82. The molecule has 1 aromatic carbocycles. The molecule has 0 saturated carbocycles. The predicted octanol–water partition coefficient (Wildman–Crippen LogP) is 2.44. The van der Waals surface area contributed by atoms with Crippen LogP contribution in [-0.4, -0.2) is 0 Å². The monoisotopic (exact) mass is 161 g/mol. The van der Waals surface area contributed by atoms with Crippen LogP contribution in [0.5, 0.6) is 0 Å². The van der Waals surface area contributed by atoms with Crippen molar-refractivity contribution >= 4 is 11.0 Å². The van der Waals surface area contributed by atoms with Gasteiger partial charge in [0.25, 0.3) is 0 Å². The maximum absolute atomic E-state index is 13.0. The van der Waals surface area contributed by atoms with Crippen LogP contribution in [0.1, 0.15) is 5.56 Å². The van der Waals surface area contributed by atoms with Crippen molar-refractivity contribution in [1.82, 2.24) is 0 Å². The number of hydrogen-bond acceptors (Lipinski definition) is 2. The van der Waals surface area contributed by atoms with Crippen molar-refractivity contribution in [2.45, 2.75) is 0 Å². The van der Waals surface area contributed by atoms with Gasteiger partial charge in [0, 0.05) is 0 Å². The Labute approximate surface area is 67.8 Å². The first kappa shape index (κ1) is 6.86. The lowest BCUT2D eigenvalue weighted by atomic mass is 10.2. The number of fused-ring (bicyclic) bond motifs is 1. The SMILES string of the molecule is N#Cc1ccc(F)c2ccoc12. The molecule has 58 valence electrons. The second kappa shape index (κ2) is 2.35. The molecule has 2 aromatic rings. The molecule has 0 atom stereocenters. The summed E-state index contributed by atoms with van der Waals surface area (Å²) in [5, 5.41) is 8.97. The van der Waals surface area contributed by atoms with Gasteiger partial charge >= 0.3 is 0 Å². The van der Waals surface area contributed by atoms with Gasteiger partial charge in [-0.3, -0.25) is 0 Å². The smallest absolute Gasteiger partial charge is 0.154 e. The molecular formula is C9H4FNO. The van der Waals surface area contributed by atoms with Crippen LogP contribution in [0.3, 0.4) is 0 Å². The van der Waals surface area contributed by atoms with E-state index in [4.69, 9.17) is 9.68 Å². The number of nitrogens with zero attached hydrogens (tertiary/aromatic N) is 1. The summed E-state index contributed by atoms with van der Waals surface area (Å²) in [6.45, 7) is 0. The molecule has 3 heteroatoms. The van der Waals surface area contributed by atoms with Crippen LogP contribution in [0.25, 0.3) is 11.0 Å². The van der Waals surface area contributed by atoms with Crippen molar-refractivity contribution in [3.8, 4) is 6.07 Å². The number of benzene rings is 1. The first-order chi connectivity index (χ1) is 5.83. The summed E-state index contributed by atoms with van der Waals surface area (Å²) < 4.78 is 17.9. The second-order valence-corrected chi connectivity index (χ2v) is 2.37. The molecule has 0 spiro atoms. The average molecular weight is 161 g/mol. The van der Waals surface area contributed by atoms with Crippen molar-refractivity contribution in [2.24, 2.45) is 0 Å². The quantitative estimate of drug-likeness (QED) is 0.595. The first-order valence-electron chi connectivity index (χ1n) is 3.39. The summed E-state index contributed by atoms with van der Waals surface area (Å²) >= 11 is 0. The van der Waals surface area contributed by atoms with Gasteiger partial charge in [-0.05, 0) is 18.2 Å². The minimum Gasteiger partial charge on any atom is -0.463 e. The van der Waals surface area contributed by atoms with E-state index in [-0.39, 0.29) is 5.82 Å². The van der Waals surface area contributed by atoms with Crippen LogP contribution < -0.4 is 0 Å². The molecule has 0 bridgehead atoms. The van der Waals surface area contributed by atoms with Crippen LogP contribution in [0, 0.1) is 17.1 Å². The molecule has 0 N–H and O–H groups in total. The number of nitriles is 1. The number of furan rings is 1. The lowest BCUT2D eigenvalue weighted by Crippen LogP contribution is -1.78. The molecule has 2 rings (SSSR count). The van der Waals surface area contributed by atoms with Gasteiger partial charge in [-0.1, -0.05) is 0 Å². The Morgan fingerprint density at radius 2 is 2.17 bits per heavy atom. The van der Waals surface area contributed by atoms with Crippen LogP contribution in [0.2, 0.25) is 0 Å². The van der Waals surface area contributed by atoms with E-state index in [1.807, 2.05) is 6.07 Å². The average Bonchev–Trinajstić information content (AvgIpc) is 2.54. The van der Waals surface area contributed by atoms with Crippen molar-refractivity contribution in [3.05, 3.63) is 35.8 Å². The minimum absolute atomic E-state index is 0.317. The van der Waals surface area contributed by atoms with Gasteiger partial charge in [0.1, 0.15) is 11.9 Å². The highest BCUT2D eigenvalue weighted by atomic mass is 19.1. The standard InChI is InChI=1S/C9H4FNO/c10-8-2-1-6(5-11)9-7(8)3-4-12-9/h1-4H. The van der Waals surface area contributed by atoms with E-state index in [1.165, 1.54) is 24.5 Å². The Balaban J connectivity index is 2.94. The molecule has 0 aliphatic rings. The van der Waals surface area contributed by atoms with Gasteiger partial charge in [-0.25, -0.2) is 4.39 Å². The first-order valence-corrected chi connectivity index (χ1v) is 3.39. The third-order valence-electron chi connectivity index (χ3n) is 1.68. The topological polar surface area (TPSA) is 36.9 Å². The zero-order valence-corrected chi connectivity index (χ0v) is 6.04. The van der Waals surface area contributed by atoms with Crippen LogP contribution in [0.4, 0.5) is 4.39 Å². The summed E-state index contributed by atoms with van der Waals surface area (Å²) in [5.41, 5.74) is 0.675. The minimum atomic E-state index is -0.363. The highest BCUT2D eigenvalue weighted by molar-refractivity contribution is 5.83. The van der Waals surface area contributed by atoms with E-state index in [2.05, 4.69) is 0 Å². The molecule has 1 heterocycles. The van der Waals surface area contributed by atoms with Gasteiger partial charge in [0.15, 0.2) is 5.58 Å². The molecule has 2 nitrogen and oxygen atoms in total. The molecule has 0 fully saturated rings. The lowest BCUT2D eigenvalue weighted by Gasteiger charge is -1.91. The Bertz CT molecular complexity index is 467. The molecule has 0 radical (unpaired) electrons. The fourth-order valence-electron chi connectivity index (χ4n) is 1.12. The normalized spacial score (nSPS) is 10.0. The third-order valence-corrected chi connectivity index (χ3v) is 1.68. The van der Waals surface area contributed by atoms with E-state index < -0.39 is 0 Å². The number of rotatable bonds is 0. The Morgan fingerprint density at radius 1 is 1.33 bits per heavy atom. The molecule has 0 unspecified atom stereocenters. The molecule has 1 aromatic heterocycles. The molecule has 0 aliphatic carbocycles. The van der Waals surface area contributed by atoms with Gasteiger partial charge in [-0.2, -0.15) is 5.26 Å². The zero-order valence-electron chi connectivity index (χ0n) is 6.04. The van der Waals surface area contributed by atoms with Crippen molar-refractivity contribution < 1.29 is 8.81 Å². The highest BCUT2D eigenvalue weighted by Crippen LogP contribution is 2.21. The predicted molar refractivity (Wildman–Crippen MR) is 40.9 cm³/mol. The number of hydrogen-bond donors (Lipinski definition) is 0. The molecule has 0 saturated heterocycles. The summed E-state index contributed by atoms with van der Waals surface area (Å²) in [7, 11) is 0. The summed E-state index contributed by atoms with van der Waals surface area (Å²) in [6, 6.07) is 6.09. The highest BCUT2D eigenvalue weighted by Gasteiger charge is 2.07. The van der Waals surface area contributed by atoms with E-state index in [1.54, 1.807) is 0 Å². The van der Waals surface area contributed by atoms with Gasteiger partial charge < -0.3 is 4.42 Å². The lowest BCUT2D eigenvalue weighted by molar-refractivity contribution is 0.609. The van der Waals surface area contributed by atoms with Gasteiger partial charge in [0.2, 0.25) is 0 Å². The van der Waals surface area contributed by atoms with Crippen molar-refractivity contribution in [1.29, 1.82) is 5.26 Å². The van der Waals surface area contributed by atoms with Crippen LogP contribution >= 0.6 is 0 Å². The Morgan fingerprint density at radius 3 is 2.92 bits per heavy atom. The molecule has 0 amide bonds. The van der Waals surface area contributed by atoms with E-state index >= 15 is 0 Å². The third kappa shape index (κ3) is 0.785. The van der Waals surface area contributed by atoms with Gasteiger partial charge in [0.05, 0.1) is 17.2 Å². The zero-order chi connectivity index (χ0) is 8.55. The second-order valence-electron chi connectivity index (χ2n) is 2.37. The molecule has 0 aliphatic heterocycles. The fourth-order valence-corrected chi connectivity index (χ4v) is 1.12. The molecule has 12 heavy (non-hydrogen) atoms. The van der Waals surface area contributed by atoms with Crippen molar-refractivity contribution in [3.63, 3.8) is 0 Å². The van der Waals surface area contributed by atoms with E-state index in [0.29, 0.717) is 16.5 Å². The fraction of sp³-hybridized carbons (Fsp3) is 0. The van der Waals surface area contributed by atoms with Crippen molar-refractivity contribution in [2.75, 3.05) is 0 Å². The van der Waals surface area contributed by atoms with E-state index in [0.717, 1.165) is 0 Å². The summed E-state index contributed by atoms with van der Waals surface area (Å²) in [5.74, 6) is -0.363. The van der Waals surface area contributed by atoms with E-state index in [9.17, 15) is 4.39 Å². The number of halogens is 1. The Kier molecular flexibility index (Phi) is 1.34. The maximum atomic E-state index is 13.0.